The number of guanidine groups is 1. The molecule has 0 radical (unpaired) electrons. The molecule has 4 aliphatic carbocycles. The molecule has 0 aliphatic heterocycles. The minimum absolute atomic E-state index is 0.0236. The Hall–Kier alpha value is -2.44. The van der Waals surface area contributed by atoms with Gasteiger partial charge in [-0.25, -0.2) is 4.99 Å². The molecule has 5 unspecified atom stereocenters. The Morgan fingerprint density at radius 1 is 1.16 bits per heavy atom. The second-order valence-electron chi connectivity index (χ2n) is 10.7. The van der Waals surface area contributed by atoms with Crippen molar-refractivity contribution in [1.82, 2.24) is 0 Å². The minimum Gasteiger partial charge on any atom is -0.449 e. The van der Waals surface area contributed by atoms with Crippen molar-refractivity contribution in [2.75, 3.05) is 6.54 Å². The zero-order chi connectivity index (χ0) is 23.5. The van der Waals surface area contributed by atoms with Crippen molar-refractivity contribution in [1.29, 1.82) is 0 Å². The van der Waals surface area contributed by atoms with Gasteiger partial charge >= 0.3 is 5.97 Å². The molecule has 7 nitrogen and oxygen atoms in total. The quantitative estimate of drug-likeness (QED) is 0.393. The average Bonchev–Trinajstić information content (AvgIpc) is 3.01. The minimum atomic E-state index is -1.15. The molecule has 4 N–H and O–H groups in total. The normalized spacial score (nSPS) is 40.2. The summed E-state index contributed by atoms with van der Waals surface area (Å²) in [6.45, 7) is 7.78. The fraction of sp³-hybridized carbons (Fsp3) is 0.680. The molecule has 6 atom stereocenters. The molecule has 0 bridgehead atoms. The summed E-state index contributed by atoms with van der Waals surface area (Å²) in [4.78, 5) is 41.5. The second kappa shape index (κ2) is 7.56. The number of nitrogens with zero attached hydrogens (tertiary/aromatic N) is 1. The van der Waals surface area contributed by atoms with E-state index >= 15 is 0 Å². The van der Waals surface area contributed by atoms with Crippen molar-refractivity contribution >= 4 is 23.5 Å². The summed E-state index contributed by atoms with van der Waals surface area (Å²) in [5, 5.41) is 0. The number of ether oxygens (including phenoxy) is 1. The number of carbonyl (C=O) groups excluding carboxylic acids is 3. The molecular weight excluding hydrogens is 406 g/mol. The number of hydrogen-bond acceptors (Lipinski definition) is 5. The van der Waals surface area contributed by atoms with Crippen molar-refractivity contribution < 1.29 is 19.1 Å². The van der Waals surface area contributed by atoms with Crippen LogP contribution in [-0.4, -0.2) is 35.6 Å². The lowest BCUT2D eigenvalue weighted by Crippen LogP contribution is -2.58. The number of fused-ring (bicyclic) bond motifs is 5. The van der Waals surface area contributed by atoms with Crippen LogP contribution in [0.2, 0.25) is 0 Å². The Balaban J connectivity index is 1.70. The Morgan fingerprint density at radius 2 is 1.84 bits per heavy atom. The molecule has 4 rings (SSSR count). The lowest BCUT2D eigenvalue weighted by molar-refractivity contribution is -0.185. The van der Waals surface area contributed by atoms with Crippen molar-refractivity contribution in [3.8, 4) is 0 Å². The van der Waals surface area contributed by atoms with Crippen LogP contribution in [0.1, 0.15) is 66.2 Å². The van der Waals surface area contributed by atoms with Gasteiger partial charge in [0.2, 0.25) is 0 Å². The lowest BCUT2D eigenvalue weighted by Gasteiger charge is -2.58. The number of carbonyl (C=O) groups is 3. The average molecular weight is 442 g/mol. The predicted molar refractivity (Wildman–Crippen MR) is 121 cm³/mol. The summed E-state index contributed by atoms with van der Waals surface area (Å²) < 4.78 is 5.95. The van der Waals surface area contributed by atoms with Gasteiger partial charge in [-0.05, 0) is 80.8 Å². The number of esters is 1. The van der Waals surface area contributed by atoms with Crippen LogP contribution in [0.4, 0.5) is 0 Å². The Kier molecular flexibility index (Phi) is 5.37. The van der Waals surface area contributed by atoms with Gasteiger partial charge in [-0.2, -0.15) is 0 Å². The highest BCUT2D eigenvalue weighted by atomic mass is 16.6. The largest absolute Gasteiger partial charge is 0.449 e. The van der Waals surface area contributed by atoms with Gasteiger partial charge < -0.3 is 16.2 Å². The predicted octanol–water partition coefficient (Wildman–Crippen LogP) is 2.83. The lowest BCUT2D eigenvalue weighted by atomic mass is 9.47. The van der Waals surface area contributed by atoms with Gasteiger partial charge in [-0.1, -0.05) is 25.5 Å². The molecule has 174 valence electrons. The van der Waals surface area contributed by atoms with E-state index in [1.54, 1.807) is 0 Å². The van der Waals surface area contributed by atoms with Crippen LogP contribution in [0.15, 0.2) is 28.3 Å². The molecule has 0 aromatic rings. The van der Waals surface area contributed by atoms with Crippen LogP contribution >= 0.6 is 0 Å². The van der Waals surface area contributed by atoms with Gasteiger partial charge in [-0.15, -0.1) is 0 Å². The summed E-state index contributed by atoms with van der Waals surface area (Å²) in [6.07, 6.45) is 8.74. The third kappa shape index (κ3) is 3.15. The molecule has 0 amide bonds. The zero-order valence-electron chi connectivity index (χ0n) is 19.6. The number of hydrogen-bond donors (Lipinski definition) is 2. The highest BCUT2D eigenvalue weighted by Gasteiger charge is 2.67. The van der Waals surface area contributed by atoms with E-state index in [-0.39, 0.29) is 35.4 Å². The molecule has 0 aromatic carbocycles. The molecule has 2 fully saturated rings. The summed E-state index contributed by atoms with van der Waals surface area (Å²) in [6, 6.07) is 0. The van der Waals surface area contributed by atoms with Gasteiger partial charge in [-0.3, -0.25) is 14.4 Å². The second-order valence-corrected chi connectivity index (χ2v) is 10.7. The first-order valence-corrected chi connectivity index (χ1v) is 11.7. The highest BCUT2D eigenvalue weighted by Crippen LogP contribution is 2.67. The van der Waals surface area contributed by atoms with E-state index in [4.69, 9.17) is 16.2 Å². The molecule has 32 heavy (non-hydrogen) atoms. The standard InChI is InChI=1S/C25H35N3O4/c1-14-11-17-18(23(3)8-5-16(30)12-20(14)23)6-9-24(4)19(17)7-10-25(24,15(2)29)32-21(31)13-28-22(26)27/h11-12,17-19H,5-10,13H2,1-4H3,(H4,26,27,28)/t17?,18?,19?,23?,24?,25-/m0/s1. The van der Waals surface area contributed by atoms with Gasteiger partial charge in [0.05, 0.1) is 0 Å². The van der Waals surface area contributed by atoms with Crippen LogP contribution < -0.4 is 11.5 Å². The molecule has 4 aliphatic rings. The Labute approximate surface area is 189 Å². The third-order valence-corrected chi connectivity index (χ3v) is 9.20. The van der Waals surface area contributed by atoms with Crippen molar-refractivity contribution in [3.63, 3.8) is 0 Å². The van der Waals surface area contributed by atoms with Gasteiger partial charge in [0.1, 0.15) is 6.54 Å². The van der Waals surface area contributed by atoms with Crippen molar-refractivity contribution in [3.05, 3.63) is 23.3 Å². The number of allylic oxidation sites excluding steroid dienone is 4. The Bertz CT molecular complexity index is 962. The molecule has 0 heterocycles. The van der Waals surface area contributed by atoms with Crippen LogP contribution in [0, 0.1) is 28.6 Å². The van der Waals surface area contributed by atoms with Gasteiger partial charge in [0.25, 0.3) is 0 Å². The number of Topliss-reactive ketones (excluding diaryl/α,β-unsaturated/α-hetero) is 1. The molecule has 0 aromatic heterocycles. The molecule has 0 saturated heterocycles. The summed E-state index contributed by atoms with van der Waals surface area (Å²) in [5.74, 6) is 0.299. The number of ketones is 2. The van der Waals surface area contributed by atoms with E-state index in [1.165, 1.54) is 18.1 Å². The van der Waals surface area contributed by atoms with E-state index in [0.717, 1.165) is 25.7 Å². The van der Waals surface area contributed by atoms with Crippen molar-refractivity contribution in [2.24, 2.45) is 45.0 Å². The van der Waals surface area contributed by atoms with Crippen LogP contribution in [0.3, 0.4) is 0 Å². The maximum atomic E-state index is 13.0. The monoisotopic (exact) mass is 441 g/mol. The van der Waals surface area contributed by atoms with Gasteiger partial charge in [0, 0.05) is 11.8 Å². The molecule has 7 heteroatoms. The van der Waals surface area contributed by atoms with E-state index in [2.05, 4.69) is 31.8 Å². The van der Waals surface area contributed by atoms with E-state index in [9.17, 15) is 14.4 Å². The fourth-order valence-corrected chi connectivity index (χ4v) is 7.61. The summed E-state index contributed by atoms with van der Waals surface area (Å²) in [7, 11) is 0. The summed E-state index contributed by atoms with van der Waals surface area (Å²) in [5.41, 5.74) is 11.5. The SMILES string of the molecule is CC(=O)[C@@]1(OC(=O)CN=C(N)N)CCC2C3C=C(C)C4=CC(=O)CCC4(C)C3CCC21C. The first-order valence-electron chi connectivity index (χ1n) is 11.7. The molecule has 2 saturated carbocycles. The van der Waals surface area contributed by atoms with E-state index < -0.39 is 17.0 Å². The topological polar surface area (TPSA) is 125 Å². The van der Waals surface area contributed by atoms with E-state index in [1.807, 2.05) is 6.08 Å². The maximum Gasteiger partial charge on any atom is 0.328 e. The third-order valence-electron chi connectivity index (χ3n) is 9.20. The number of aliphatic imine (C=N–C) groups is 1. The van der Waals surface area contributed by atoms with Crippen LogP contribution in [-0.2, 0) is 19.1 Å². The maximum absolute atomic E-state index is 13.0. The number of nitrogens with two attached hydrogens (primary N) is 2. The smallest absolute Gasteiger partial charge is 0.328 e. The Morgan fingerprint density at radius 3 is 2.50 bits per heavy atom. The first kappa shape index (κ1) is 22.7. The van der Waals surface area contributed by atoms with E-state index in [0.29, 0.717) is 24.7 Å². The van der Waals surface area contributed by atoms with Crippen LogP contribution in [0.5, 0.6) is 0 Å². The highest BCUT2D eigenvalue weighted by molar-refractivity contribution is 5.93. The van der Waals surface area contributed by atoms with Gasteiger partial charge in [0.15, 0.2) is 23.1 Å². The summed E-state index contributed by atoms with van der Waals surface area (Å²) >= 11 is 0. The molecular formula is C25H35N3O4. The van der Waals surface area contributed by atoms with Crippen molar-refractivity contribution in [2.45, 2.75) is 71.8 Å². The zero-order valence-corrected chi connectivity index (χ0v) is 19.6. The van der Waals surface area contributed by atoms with Crippen LogP contribution in [0.25, 0.3) is 0 Å². The first-order chi connectivity index (χ1) is 14.9. The fourth-order valence-electron chi connectivity index (χ4n) is 7.61. The molecule has 0 spiro atoms. The number of rotatable bonds is 4.